The van der Waals surface area contributed by atoms with Crippen LogP contribution in [0, 0.1) is 6.92 Å². The van der Waals surface area contributed by atoms with Gasteiger partial charge in [0.05, 0.1) is 5.69 Å². The van der Waals surface area contributed by atoms with Crippen molar-refractivity contribution in [2.24, 2.45) is 0 Å². The van der Waals surface area contributed by atoms with Crippen LogP contribution in [0.1, 0.15) is 30.7 Å². The second kappa shape index (κ2) is 8.65. The lowest BCUT2D eigenvalue weighted by atomic mass is 10.1. The number of pyridine rings is 1. The van der Waals surface area contributed by atoms with E-state index in [0.29, 0.717) is 6.42 Å². The highest BCUT2D eigenvalue weighted by Crippen LogP contribution is 2.22. The normalized spacial score (nSPS) is 11.9. The van der Waals surface area contributed by atoms with E-state index in [1.54, 1.807) is 23.8 Å². The van der Waals surface area contributed by atoms with Crippen LogP contribution in [0.2, 0.25) is 0 Å². The van der Waals surface area contributed by atoms with E-state index in [-0.39, 0.29) is 12.1 Å². The van der Waals surface area contributed by atoms with Crippen molar-refractivity contribution in [3.63, 3.8) is 0 Å². The SMILES string of the molecule is CCc1ccc(-n2cnnc2)cc1NC(=O)N(C)C(C)Cc1ncccc1C. The zero-order valence-corrected chi connectivity index (χ0v) is 16.8. The maximum atomic E-state index is 12.9. The van der Waals surface area contributed by atoms with Crippen LogP contribution >= 0.6 is 0 Å². The molecule has 1 N–H and O–H groups in total. The first-order chi connectivity index (χ1) is 13.5. The van der Waals surface area contributed by atoms with Gasteiger partial charge < -0.3 is 10.2 Å². The molecule has 146 valence electrons. The Morgan fingerprint density at radius 3 is 2.68 bits per heavy atom. The minimum absolute atomic E-state index is 0.0136. The van der Waals surface area contributed by atoms with Crippen molar-refractivity contribution in [2.45, 2.75) is 39.7 Å². The summed E-state index contributed by atoms with van der Waals surface area (Å²) in [7, 11) is 1.81. The van der Waals surface area contributed by atoms with Gasteiger partial charge in [0, 0.05) is 37.1 Å². The minimum atomic E-state index is -0.142. The van der Waals surface area contributed by atoms with Gasteiger partial charge in [-0.25, -0.2) is 4.79 Å². The molecule has 1 unspecified atom stereocenters. The summed E-state index contributed by atoms with van der Waals surface area (Å²) in [5, 5.41) is 10.7. The number of hydrogen-bond acceptors (Lipinski definition) is 4. The lowest BCUT2D eigenvalue weighted by molar-refractivity contribution is 0.207. The number of carbonyl (C=O) groups excluding carboxylic acids is 1. The maximum absolute atomic E-state index is 12.9. The topological polar surface area (TPSA) is 75.9 Å². The first-order valence-corrected chi connectivity index (χ1v) is 9.41. The summed E-state index contributed by atoms with van der Waals surface area (Å²) in [5.74, 6) is 0. The van der Waals surface area contributed by atoms with Crippen molar-refractivity contribution < 1.29 is 4.79 Å². The van der Waals surface area contributed by atoms with E-state index in [1.807, 2.05) is 55.8 Å². The third-order valence-electron chi connectivity index (χ3n) is 5.02. The van der Waals surface area contributed by atoms with Gasteiger partial charge in [-0.05, 0) is 49.6 Å². The summed E-state index contributed by atoms with van der Waals surface area (Å²) >= 11 is 0. The number of aromatic nitrogens is 4. The third-order valence-corrected chi connectivity index (χ3v) is 5.02. The molecule has 0 saturated carbocycles. The number of benzene rings is 1. The summed E-state index contributed by atoms with van der Waals surface area (Å²) in [6.07, 6.45) is 6.59. The highest BCUT2D eigenvalue weighted by Gasteiger charge is 2.18. The van der Waals surface area contributed by atoms with Gasteiger partial charge in [0.15, 0.2) is 0 Å². The van der Waals surface area contributed by atoms with E-state index in [1.165, 1.54) is 0 Å². The molecular formula is C21H26N6O. The largest absolute Gasteiger partial charge is 0.324 e. The second-order valence-corrected chi connectivity index (χ2v) is 6.93. The Morgan fingerprint density at radius 1 is 1.25 bits per heavy atom. The van der Waals surface area contributed by atoms with E-state index >= 15 is 0 Å². The van der Waals surface area contributed by atoms with E-state index in [0.717, 1.165) is 34.6 Å². The Hall–Kier alpha value is -3.22. The fraction of sp³-hybridized carbons (Fsp3) is 0.333. The van der Waals surface area contributed by atoms with E-state index < -0.39 is 0 Å². The lowest BCUT2D eigenvalue weighted by Gasteiger charge is -2.26. The average molecular weight is 378 g/mol. The molecule has 7 nitrogen and oxygen atoms in total. The van der Waals surface area contributed by atoms with E-state index in [9.17, 15) is 4.79 Å². The molecule has 0 aliphatic carbocycles. The van der Waals surface area contributed by atoms with E-state index in [4.69, 9.17) is 0 Å². The van der Waals surface area contributed by atoms with Crippen molar-refractivity contribution in [3.05, 3.63) is 66.0 Å². The van der Waals surface area contributed by atoms with Gasteiger partial charge in [-0.3, -0.25) is 9.55 Å². The number of nitrogens with one attached hydrogen (secondary N) is 1. The molecule has 2 amide bonds. The molecule has 0 saturated heterocycles. The molecule has 3 rings (SSSR count). The highest BCUT2D eigenvalue weighted by molar-refractivity contribution is 5.90. The first kappa shape index (κ1) is 19.5. The van der Waals surface area contributed by atoms with Crippen LogP contribution in [0.4, 0.5) is 10.5 Å². The summed E-state index contributed by atoms with van der Waals surface area (Å²) in [6.45, 7) is 6.14. The Kier molecular flexibility index (Phi) is 6.03. The molecule has 0 radical (unpaired) electrons. The van der Waals surface area contributed by atoms with Crippen LogP contribution in [-0.2, 0) is 12.8 Å². The molecule has 0 bridgehead atoms. The number of carbonyl (C=O) groups is 1. The molecule has 1 aromatic carbocycles. The van der Waals surface area contributed by atoms with Gasteiger partial charge in [0.25, 0.3) is 0 Å². The molecular weight excluding hydrogens is 352 g/mol. The quantitative estimate of drug-likeness (QED) is 0.711. The van der Waals surface area contributed by atoms with Gasteiger partial charge >= 0.3 is 6.03 Å². The minimum Gasteiger partial charge on any atom is -0.324 e. The van der Waals surface area contributed by atoms with Gasteiger partial charge in [-0.15, -0.1) is 10.2 Å². The summed E-state index contributed by atoms with van der Waals surface area (Å²) in [6, 6.07) is 9.80. The molecule has 2 heterocycles. The average Bonchev–Trinajstić information content (AvgIpc) is 3.24. The van der Waals surface area contributed by atoms with Crippen molar-refractivity contribution >= 4 is 11.7 Å². The molecule has 0 spiro atoms. The Bertz CT molecular complexity index is 938. The monoisotopic (exact) mass is 378 g/mol. The zero-order valence-electron chi connectivity index (χ0n) is 16.8. The second-order valence-electron chi connectivity index (χ2n) is 6.93. The Labute approximate surface area is 165 Å². The van der Waals surface area contributed by atoms with Gasteiger partial charge in [0.2, 0.25) is 0 Å². The Morgan fingerprint density at radius 2 is 2.00 bits per heavy atom. The maximum Gasteiger partial charge on any atom is 0.321 e. The smallest absolute Gasteiger partial charge is 0.321 e. The van der Waals surface area contributed by atoms with E-state index in [2.05, 4.69) is 27.4 Å². The van der Waals surface area contributed by atoms with Crippen LogP contribution in [0.5, 0.6) is 0 Å². The molecule has 0 aliphatic rings. The molecule has 3 aromatic rings. The molecule has 1 atom stereocenters. The fourth-order valence-corrected chi connectivity index (χ4v) is 3.04. The van der Waals surface area contributed by atoms with Crippen LogP contribution < -0.4 is 5.32 Å². The van der Waals surface area contributed by atoms with Crippen LogP contribution in [-0.4, -0.2) is 43.8 Å². The van der Waals surface area contributed by atoms with Crippen molar-refractivity contribution in [1.82, 2.24) is 24.6 Å². The summed E-state index contributed by atoms with van der Waals surface area (Å²) in [4.78, 5) is 19.0. The first-order valence-electron chi connectivity index (χ1n) is 9.41. The lowest BCUT2D eigenvalue weighted by Crippen LogP contribution is -2.39. The van der Waals surface area contributed by atoms with Crippen LogP contribution in [0.25, 0.3) is 5.69 Å². The summed E-state index contributed by atoms with van der Waals surface area (Å²) in [5.41, 5.74) is 4.92. The van der Waals surface area contributed by atoms with Crippen molar-refractivity contribution in [1.29, 1.82) is 0 Å². The third kappa shape index (κ3) is 4.36. The number of nitrogens with zero attached hydrogens (tertiary/aromatic N) is 5. The number of amides is 2. The number of hydrogen-bond donors (Lipinski definition) is 1. The van der Waals surface area contributed by atoms with Gasteiger partial charge in [0.1, 0.15) is 12.7 Å². The highest BCUT2D eigenvalue weighted by atomic mass is 16.2. The molecule has 0 aliphatic heterocycles. The predicted octanol–water partition coefficient (Wildman–Crippen LogP) is 3.63. The number of anilines is 1. The van der Waals surface area contributed by atoms with Crippen molar-refractivity contribution in [2.75, 3.05) is 12.4 Å². The molecule has 28 heavy (non-hydrogen) atoms. The van der Waals surface area contributed by atoms with Gasteiger partial charge in [-0.1, -0.05) is 19.1 Å². The number of rotatable bonds is 6. The van der Waals surface area contributed by atoms with Crippen LogP contribution in [0.3, 0.4) is 0 Å². The molecule has 2 aromatic heterocycles. The predicted molar refractivity (Wildman–Crippen MR) is 110 cm³/mol. The van der Waals surface area contributed by atoms with Crippen molar-refractivity contribution in [3.8, 4) is 5.69 Å². The van der Waals surface area contributed by atoms with Gasteiger partial charge in [-0.2, -0.15) is 0 Å². The number of aryl methyl sites for hydroxylation is 2. The molecule has 0 fully saturated rings. The Balaban J connectivity index is 1.74. The zero-order chi connectivity index (χ0) is 20.1. The standard InChI is InChI=1S/C21H26N6O/c1-5-17-8-9-18(27-13-23-24-14-27)12-20(17)25-21(28)26(4)16(3)11-19-15(2)7-6-10-22-19/h6-10,12-14,16H,5,11H2,1-4H3,(H,25,28). The number of urea groups is 1. The molecule has 7 heteroatoms. The number of likely N-dealkylation sites (N-methyl/N-ethyl adjacent to an activating group) is 1. The fourth-order valence-electron chi connectivity index (χ4n) is 3.04. The summed E-state index contributed by atoms with van der Waals surface area (Å²) < 4.78 is 1.81. The van der Waals surface area contributed by atoms with Crippen LogP contribution in [0.15, 0.2) is 49.2 Å².